The van der Waals surface area contributed by atoms with Gasteiger partial charge in [0.25, 0.3) is 0 Å². The zero-order valence-corrected chi connectivity index (χ0v) is 11.8. The third-order valence-electron chi connectivity index (χ3n) is 3.12. The lowest BCUT2D eigenvalue weighted by molar-refractivity contribution is 0.465. The molecule has 0 amide bonds. The van der Waals surface area contributed by atoms with Gasteiger partial charge in [-0.2, -0.15) is 0 Å². The molecule has 0 bridgehead atoms. The fraction of sp³-hybridized carbons (Fsp3) is 0.429. The number of nitrogens with zero attached hydrogens (tertiary/aromatic N) is 1. The molecule has 1 fully saturated rings. The molecule has 0 aromatic heterocycles. The summed E-state index contributed by atoms with van der Waals surface area (Å²) in [6.07, 6.45) is 1.56. The summed E-state index contributed by atoms with van der Waals surface area (Å²) >= 11 is 0. The van der Waals surface area contributed by atoms with Crippen LogP contribution in [-0.2, 0) is 16.6 Å². The van der Waals surface area contributed by atoms with E-state index in [2.05, 4.69) is 11.8 Å². The molecular formula is C14H18N2O2S. The average molecular weight is 278 g/mol. The van der Waals surface area contributed by atoms with Gasteiger partial charge in [-0.15, -0.1) is 0 Å². The van der Waals surface area contributed by atoms with Crippen LogP contribution in [0.25, 0.3) is 0 Å². The van der Waals surface area contributed by atoms with Gasteiger partial charge in [0.05, 0.1) is 11.8 Å². The van der Waals surface area contributed by atoms with Crippen LogP contribution in [0.1, 0.15) is 24.0 Å². The quantitative estimate of drug-likeness (QED) is 0.833. The molecule has 1 saturated carbocycles. The first kappa shape index (κ1) is 14.1. The Morgan fingerprint density at radius 1 is 1.37 bits per heavy atom. The van der Waals surface area contributed by atoms with Gasteiger partial charge < -0.3 is 5.73 Å². The third kappa shape index (κ3) is 3.35. The molecule has 0 unspecified atom stereocenters. The van der Waals surface area contributed by atoms with E-state index in [-0.39, 0.29) is 5.25 Å². The summed E-state index contributed by atoms with van der Waals surface area (Å²) in [4.78, 5) is 0. The fourth-order valence-corrected chi connectivity index (χ4v) is 3.44. The Morgan fingerprint density at radius 3 is 2.68 bits per heavy atom. The van der Waals surface area contributed by atoms with Gasteiger partial charge in [-0.1, -0.05) is 30.0 Å². The normalized spacial score (nSPS) is 15.1. The van der Waals surface area contributed by atoms with Gasteiger partial charge in [-0.3, -0.25) is 0 Å². The van der Waals surface area contributed by atoms with E-state index in [9.17, 15) is 8.42 Å². The molecule has 2 rings (SSSR count). The van der Waals surface area contributed by atoms with E-state index in [1.165, 1.54) is 4.31 Å². The molecule has 1 aromatic carbocycles. The van der Waals surface area contributed by atoms with Crippen LogP contribution in [0.15, 0.2) is 24.3 Å². The molecule has 0 atom stereocenters. The smallest absolute Gasteiger partial charge is 0.217 e. The van der Waals surface area contributed by atoms with E-state index in [0.29, 0.717) is 13.1 Å². The largest absolute Gasteiger partial charge is 0.320 e. The Hall–Kier alpha value is -1.35. The first-order valence-electron chi connectivity index (χ1n) is 6.27. The van der Waals surface area contributed by atoms with Gasteiger partial charge in [0.1, 0.15) is 0 Å². The predicted octanol–water partition coefficient (Wildman–Crippen LogP) is 0.921. The molecule has 4 nitrogen and oxygen atoms in total. The maximum Gasteiger partial charge on any atom is 0.217 e. The number of sulfonamides is 1. The molecule has 0 heterocycles. The predicted molar refractivity (Wildman–Crippen MR) is 75.8 cm³/mol. The van der Waals surface area contributed by atoms with E-state index in [1.807, 2.05) is 24.3 Å². The lowest BCUT2D eigenvalue weighted by Gasteiger charge is -2.17. The topological polar surface area (TPSA) is 63.4 Å². The van der Waals surface area contributed by atoms with Crippen molar-refractivity contribution in [3.8, 4) is 11.8 Å². The highest BCUT2D eigenvalue weighted by Crippen LogP contribution is 2.31. The van der Waals surface area contributed by atoms with Gasteiger partial charge in [0.2, 0.25) is 10.0 Å². The van der Waals surface area contributed by atoms with Crippen LogP contribution in [0.3, 0.4) is 0 Å². The van der Waals surface area contributed by atoms with Crippen molar-refractivity contribution in [2.24, 2.45) is 5.73 Å². The molecule has 5 heteroatoms. The maximum atomic E-state index is 12.1. The van der Waals surface area contributed by atoms with Gasteiger partial charge in [0.15, 0.2) is 0 Å². The minimum absolute atomic E-state index is 0.181. The Balaban J connectivity index is 2.19. The van der Waals surface area contributed by atoms with Crippen molar-refractivity contribution >= 4 is 10.0 Å². The minimum atomic E-state index is -3.14. The van der Waals surface area contributed by atoms with Crippen molar-refractivity contribution in [3.63, 3.8) is 0 Å². The number of hydrogen-bond acceptors (Lipinski definition) is 3. The summed E-state index contributed by atoms with van der Waals surface area (Å²) in [5, 5.41) is -0.181. The Kier molecular flexibility index (Phi) is 4.25. The molecule has 0 aliphatic heterocycles. The van der Waals surface area contributed by atoms with Gasteiger partial charge in [0, 0.05) is 19.2 Å². The van der Waals surface area contributed by atoms with E-state index < -0.39 is 10.0 Å². The molecule has 102 valence electrons. The molecule has 1 aromatic rings. The van der Waals surface area contributed by atoms with Gasteiger partial charge in [-0.05, 0) is 24.5 Å². The summed E-state index contributed by atoms with van der Waals surface area (Å²) in [7, 11) is -1.52. The van der Waals surface area contributed by atoms with Crippen LogP contribution >= 0.6 is 0 Å². The van der Waals surface area contributed by atoms with Crippen LogP contribution in [-0.4, -0.2) is 31.6 Å². The van der Waals surface area contributed by atoms with Crippen molar-refractivity contribution in [3.05, 3.63) is 35.4 Å². The van der Waals surface area contributed by atoms with Crippen LogP contribution in [0.2, 0.25) is 0 Å². The number of nitrogens with two attached hydrogens (primary N) is 1. The van der Waals surface area contributed by atoms with Crippen LogP contribution in [0.4, 0.5) is 0 Å². The highest BCUT2D eigenvalue weighted by atomic mass is 32.2. The van der Waals surface area contributed by atoms with Gasteiger partial charge in [-0.25, -0.2) is 12.7 Å². The first-order valence-corrected chi connectivity index (χ1v) is 7.78. The maximum absolute atomic E-state index is 12.1. The summed E-state index contributed by atoms with van der Waals surface area (Å²) < 4.78 is 25.6. The van der Waals surface area contributed by atoms with Gasteiger partial charge >= 0.3 is 0 Å². The molecule has 1 aliphatic carbocycles. The highest BCUT2D eigenvalue weighted by molar-refractivity contribution is 7.90. The molecule has 0 saturated heterocycles. The molecule has 1 aliphatic rings. The first-order chi connectivity index (χ1) is 9.05. The second-order valence-corrected chi connectivity index (χ2v) is 6.98. The number of hydrogen-bond donors (Lipinski definition) is 1. The summed E-state index contributed by atoms with van der Waals surface area (Å²) in [6.45, 7) is 0.652. The lowest BCUT2D eigenvalue weighted by atomic mass is 10.1. The SMILES string of the molecule is CN(Cc1ccccc1C#CCN)S(=O)(=O)C1CC1. The molecule has 0 spiro atoms. The van der Waals surface area contributed by atoms with Crippen LogP contribution < -0.4 is 5.73 Å². The zero-order valence-electron chi connectivity index (χ0n) is 11.0. The Bertz CT molecular complexity index is 610. The standard InChI is InChI=1S/C14H18N2O2S/c1-16(19(17,18)14-8-9-14)11-13-6-3-2-5-12(13)7-4-10-15/h2-3,5-6,14H,8-11,15H2,1H3. The van der Waals surface area contributed by atoms with E-state index >= 15 is 0 Å². The molecule has 0 radical (unpaired) electrons. The molecule has 2 N–H and O–H groups in total. The minimum Gasteiger partial charge on any atom is -0.320 e. The number of benzene rings is 1. The van der Waals surface area contributed by atoms with E-state index in [0.717, 1.165) is 24.0 Å². The fourth-order valence-electron chi connectivity index (χ4n) is 1.88. The summed E-state index contributed by atoms with van der Waals surface area (Å²) in [5.74, 6) is 5.78. The van der Waals surface area contributed by atoms with Crippen molar-refractivity contribution in [1.82, 2.24) is 4.31 Å². The zero-order chi connectivity index (χ0) is 13.9. The second kappa shape index (κ2) is 5.74. The van der Waals surface area contributed by atoms with Crippen molar-refractivity contribution < 1.29 is 8.42 Å². The van der Waals surface area contributed by atoms with E-state index in [1.54, 1.807) is 7.05 Å². The van der Waals surface area contributed by atoms with Crippen molar-refractivity contribution in [2.75, 3.05) is 13.6 Å². The molecule has 19 heavy (non-hydrogen) atoms. The summed E-state index contributed by atoms with van der Waals surface area (Å²) in [6, 6.07) is 7.56. The third-order valence-corrected chi connectivity index (χ3v) is 5.43. The van der Waals surface area contributed by atoms with Crippen LogP contribution in [0.5, 0.6) is 0 Å². The highest BCUT2D eigenvalue weighted by Gasteiger charge is 2.38. The van der Waals surface area contributed by atoms with Crippen molar-refractivity contribution in [2.45, 2.75) is 24.6 Å². The lowest BCUT2D eigenvalue weighted by Crippen LogP contribution is -2.29. The summed E-state index contributed by atoms with van der Waals surface area (Å²) in [5.41, 5.74) is 7.12. The number of rotatable bonds is 4. The average Bonchev–Trinajstić information content (AvgIpc) is 3.22. The van der Waals surface area contributed by atoms with E-state index in [4.69, 9.17) is 5.73 Å². The monoisotopic (exact) mass is 278 g/mol. The Morgan fingerprint density at radius 2 is 2.05 bits per heavy atom. The second-order valence-electron chi connectivity index (χ2n) is 4.66. The molecular weight excluding hydrogens is 260 g/mol. The Labute approximate surface area is 114 Å². The van der Waals surface area contributed by atoms with Crippen LogP contribution in [0, 0.1) is 11.8 Å². The van der Waals surface area contributed by atoms with Crippen molar-refractivity contribution in [1.29, 1.82) is 0 Å².